The van der Waals surface area contributed by atoms with Gasteiger partial charge in [0.2, 0.25) is 5.91 Å². The van der Waals surface area contributed by atoms with E-state index in [9.17, 15) is 14.7 Å². The molecule has 7 nitrogen and oxygen atoms in total. The number of carboxylic acid groups (broad SMARTS) is 1. The maximum Gasteiger partial charge on any atom is 0.315 e. The van der Waals surface area contributed by atoms with Crippen molar-refractivity contribution in [3.05, 3.63) is 29.8 Å². The van der Waals surface area contributed by atoms with E-state index < -0.39 is 11.4 Å². The molecule has 4 atom stereocenters. The second-order valence-corrected chi connectivity index (χ2v) is 8.07. The van der Waals surface area contributed by atoms with Gasteiger partial charge in [-0.2, -0.15) is 0 Å². The normalized spacial score (nSPS) is 33.1. The summed E-state index contributed by atoms with van der Waals surface area (Å²) in [6.07, 6.45) is 0.0361. The zero-order valence-corrected chi connectivity index (χ0v) is 15.8. The number of nitrogens with zero attached hydrogens (tertiary/aromatic N) is 2. The second kappa shape index (κ2) is 6.80. The van der Waals surface area contributed by atoms with Crippen LogP contribution in [0.25, 0.3) is 0 Å². The molecular formula is C20H26N2O5. The van der Waals surface area contributed by atoms with Crippen molar-refractivity contribution in [2.75, 3.05) is 39.3 Å². The Balaban J connectivity index is 1.52. The molecule has 7 heteroatoms. The lowest BCUT2D eigenvalue weighted by Crippen LogP contribution is -2.51. The molecule has 0 unspecified atom stereocenters. The molecule has 0 aliphatic carbocycles. The molecule has 1 amide bonds. The van der Waals surface area contributed by atoms with Gasteiger partial charge < -0.3 is 19.5 Å². The first-order valence-corrected chi connectivity index (χ1v) is 9.50. The van der Waals surface area contributed by atoms with Crippen LogP contribution in [0.4, 0.5) is 0 Å². The first-order chi connectivity index (χ1) is 12.9. The van der Waals surface area contributed by atoms with E-state index in [2.05, 4.69) is 0 Å². The fraction of sp³-hybridized carbons (Fsp3) is 0.600. The Kier molecular flexibility index (Phi) is 4.60. The Hall–Kier alpha value is -2.12. The number of hydrogen-bond acceptors (Lipinski definition) is 5. The molecule has 3 aliphatic rings. The summed E-state index contributed by atoms with van der Waals surface area (Å²) in [4.78, 5) is 28.8. The highest BCUT2D eigenvalue weighted by atomic mass is 16.5. The summed E-state index contributed by atoms with van der Waals surface area (Å²) in [5, 5.41) is 9.98. The first-order valence-electron chi connectivity index (χ1n) is 9.50. The average molecular weight is 374 g/mol. The summed E-state index contributed by atoms with van der Waals surface area (Å²) >= 11 is 0. The van der Waals surface area contributed by atoms with Gasteiger partial charge in [-0.05, 0) is 25.5 Å². The lowest BCUT2D eigenvalue weighted by molar-refractivity contribution is -0.152. The molecule has 3 aliphatic heterocycles. The third-order valence-electron chi connectivity index (χ3n) is 5.95. The quantitative estimate of drug-likeness (QED) is 0.856. The number of morpholine rings is 1. The summed E-state index contributed by atoms with van der Waals surface area (Å²) in [5.74, 6) is -0.241. The van der Waals surface area contributed by atoms with Gasteiger partial charge in [0.05, 0.1) is 18.8 Å². The maximum atomic E-state index is 12.8. The van der Waals surface area contributed by atoms with Crippen molar-refractivity contribution in [1.29, 1.82) is 0 Å². The number of carboxylic acids is 1. The minimum atomic E-state index is -1.000. The molecule has 0 aromatic heterocycles. The standard InChI is InChI=1S/C20H26N2O5/c1-13-7-22(8-14(2)27-13)18(23)10-21-9-16-15-5-3-4-6-17(15)26-12-20(16,11-21)19(24)25/h3-6,13-14,16H,7-12H2,1-2H3,(H,24,25)/t13-,14+,16-,20-/m1/s1. The van der Waals surface area contributed by atoms with Gasteiger partial charge in [0.25, 0.3) is 0 Å². The number of para-hydroxylation sites is 1. The van der Waals surface area contributed by atoms with Crippen molar-refractivity contribution in [2.45, 2.75) is 32.0 Å². The van der Waals surface area contributed by atoms with Crippen LogP contribution in [0.3, 0.4) is 0 Å². The molecule has 2 saturated heterocycles. The summed E-state index contributed by atoms with van der Waals surface area (Å²) in [6, 6.07) is 7.62. The third kappa shape index (κ3) is 3.19. The lowest BCUT2D eigenvalue weighted by atomic mass is 9.73. The molecule has 1 N–H and O–H groups in total. The maximum absolute atomic E-state index is 12.8. The molecule has 0 saturated carbocycles. The Morgan fingerprint density at radius 3 is 2.59 bits per heavy atom. The van der Waals surface area contributed by atoms with Crippen LogP contribution in [0.1, 0.15) is 25.3 Å². The van der Waals surface area contributed by atoms with Crippen LogP contribution in [0.2, 0.25) is 0 Å². The molecule has 2 fully saturated rings. The first kappa shape index (κ1) is 18.3. The minimum absolute atomic E-state index is 0.0181. The summed E-state index contributed by atoms with van der Waals surface area (Å²) in [6.45, 7) is 6.33. The molecule has 1 aromatic carbocycles. The van der Waals surface area contributed by atoms with E-state index in [1.807, 2.05) is 47.9 Å². The number of fused-ring (bicyclic) bond motifs is 3. The molecule has 0 bridgehead atoms. The van der Waals surface area contributed by atoms with Crippen molar-refractivity contribution in [3.63, 3.8) is 0 Å². The fourth-order valence-corrected chi connectivity index (χ4v) is 4.73. The topological polar surface area (TPSA) is 79.3 Å². The van der Waals surface area contributed by atoms with E-state index in [0.29, 0.717) is 26.2 Å². The Morgan fingerprint density at radius 1 is 1.19 bits per heavy atom. The van der Waals surface area contributed by atoms with Crippen LogP contribution in [0.15, 0.2) is 24.3 Å². The molecule has 27 heavy (non-hydrogen) atoms. The Morgan fingerprint density at radius 2 is 1.89 bits per heavy atom. The van der Waals surface area contributed by atoms with Gasteiger partial charge in [0.1, 0.15) is 17.8 Å². The number of rotatable bonds is 3. The van der Waals surface area contributed by atoms with Gasteiger partial charge >= 0.3 is 5.97 Å². The van der Waals surface area contributed by atoms with Gasteiger partial charge in [0, 0.05) is 32.1 Å². The van der Waals surface area contributed by atoms with Gasteiger partial charge in [0.15, 0.2) is 0 Å². The zero-order valence-electron chi connectivity index (χ0n) is 15.8. The van der Waals surface area contributed by atoms with E-state index >= 15 is 0 Å². The number of likely N-dealkylation sites (tertiary alicyclic amines) is 1. The van der Waals surface area contributed by atoms with Crippen molar-refractivity contribution >= 4 is 11.9 Å². The monoisotopic (exact) mass is 374 g/mol. The SMILES string of the molecule is C[C@@H]1CN(C(=O)CN2C[C@@H]3c4ccccc4OC[C@]3(C(=O)O)C2)C[C@H](C)O1. The molecule has 146 valence electrons. The number of ether oxygens (including phenoxy) is 2. The molecule has 0 radical (unpaired) electrons. The largest absolute Gasteiger partial charge is 0.492 e. The van der Waals surface area contributed by atoms with Crippen molar-refractivity contribution in [1.82, 2.24) is 9.80 Å². The fourth-order valence-electron chi connectivity index (χ4n) is 4.73. The summed E-state index contributed by atoms with van der Waals surface area (Å²) < 4.78 is 11.5. The van der Waals surface area contributed by atoms with Gasteiger partial charge in [-0.25, -0.2) is 0 Å². The molecule has 0 spiro atoms. The van der Waals surface area contributed by atoms with E-state index in [-0.39, 0.29) is 37.2 Å². The van der Waals surface area contributed by atoms with Crippen molar-refractivity contribution in [2.24, 2.45) is 5.41 Å². The molecule has 4 rings (SSSR count). The van der Waals surface area contributed by atoms with Crippen molar-refractivity contribution in [3.8, 4) is 5.75 Å². The van der Waals surface area contributed by atoms with Crippen LogP contribution >= 0.6 is 0 Å². The smallest absolute Gasteiger partial charge is 0.315 e. The highest BCUT2D eigenvalue weighted by molar-refractivity contribution is 5.80. The third-order valence-corrected chi connectivity index (χ3v) is 5.95. The Bertz CT molecular complexity index is 744. The number of carbonyl (C=O) groups excluding carboxylic acids is 1. The molecule has 1 aromatic rings. The number of aliphatic carboxylic acids is 1. The minimum Gasteiger partial charge on any atom is -0.492 e. The summed E-state index contributed by atoms with van der Waals surface area (Å²) in [7, 11) is 0. The van der Waals surface area contributed by atoms with E-state index in [1.165, 1.54) is 0 Å². The van der Waals surface area contributed by atoms with E-state index in [1.54, 1.807) is 0 Å². The van der Waals surface area contributed by atoms with E-state index in [0.717, 1.165) is 11.3 Å². The molecule has 3 heterocycles. The van der Waals surface area contributed by atoms with Crippen LogP contribution in [0.5, 0.6) is 5.75 Å². The van der Waals surface area contributed by atoms with Crippen LogP contribution in [0, 0.1) is 5.41 Å². The zero-order chi connectivity index (χ0) is 19.2. The predicted octanol–water partition coefficient (Wildman–Crippen LogP) is 1.18. The molecular weight excluding hydrogens is 348 g/mol. The summed E-state index contributed by atoms with van der Waals surface area (Å²) in [5.41, 5.74) is -0.0741. The van der Waals surface area contributed by atoms with Crippen LogP contribution < -0.4 is 4.74 Å². The van der Waals surface area contributed by atoms with E-state index in [4.69, 9.17) is 9.47 Å². The predicted molar refractivity (Wildman–Crippen MR) is 97.8 cm³/mol. The number of carbonyl (C=O) groups is 2. The highest BCUT2D eigenvalue weighted by Gasteiger charge is 2.56. The Labute approximate surface area is 158 Å². The van der Waals surface area contributed by atoms with Crippen molar-refractivity contribution < 1.29 is 24.2 Å². The van der Waals surface area contributed by atoms with Crippen LogP contribution in [-0.4, -0.2) is 78.3 Å². The van der Waals surface area contributed by atoms with Crippen LogP contribution in [-0.2, 0) is 14.3 Å². The second-order valence-electron chi connectivity index (χ2n) is 8.07. The van der Waals surface area contributed by atoms with Gasteiger partial charge in [-0.15, -0.1) is 0 Å². The van der Waals surface area contributed by atoms with Gasteiger partial charge in [-0.3, -0.25) is 14.5 Å². The number of amides is 1. The van der Waals surface area contributed by atoms with Gasteiger partial charge in [-0.1, -0.05) is 18.2 Å². The lowest BCUT2D eigenvalue weighted by Gasteiger charge is -2.36. The highest BCUT2D eigenvalue weighted by Crippen LogP contribution is 2.49. The number of benzene rings is 1. The number of hydrogen-bond donors (Lipinski definition) is 1. The average Bonchev–Trinajstić information content (AvgIpc) is 3.01.